The van der Waals surface area contributed by atoms with Crippen LogP contribution in [0.25, 0.3) is 0 Å². The Morgan fingerprint density at radius 2 is 1.81 bits per heavy atom. The number of nitrogens with one attached hydrogen (secondary N) is 1. The van der Waals surface area contributed by atoms with Crippen LogP contribution in [-0.4, -0.2) is 17.9 Å². The lowest BCUT2D eigenvalue weighted by molar-refractivity contribution is -0.241. The molecule has 2 nitrogen and oxygen atoms in total. The van der Waals surface area contributed by atoms with Crippen LogP contribution in [0.1, 0.15) is 62.0 Å². The molecular weight excluding hydrogens is 258 g/mol. The summed E-state index contributed by atoms with van der Waals surface area (Å²) in [6, 6.07) is 9.04. The van der Waals surface area contributed by atoms with Gasteiger partial charge in [0.1, 0.15) is 5.72 Å². The maximum absolute atomic E-state index is 6.65. The zero-order chi connectivity index (χ0) is 14.5. The van der Waals surface area contributed by atoms with Gasteiger partial charge in [-0.2, -0.15) is 0 Å². The average molecular weight is 281 g/mol. The summed E-state index contributed by atoms with van der Waals surface area (Å²) in [6.45, 7) is 2.86. The van der Waals surface area contributed by atoms with Crippen LogP contribution < -0.4 is 5.32 Å². The summed E-state index contributed by atoms with van der Waals surface area (Å²) < 4.78 is 6.65. The smallest absolute Gasteiger partial charge is 0.121 e. The maximum Gasteiger partial charge on any atom is 0.121 e. The van der Waals surface area contributed by atoms with E-state index in [-0.39, 0.29) is 11.3 Å². The lowest BCUT2D eigenvalue weighted by atomic mass is 9.71. The van der Waals surface area contributed by atoms with Gasteiger partial charge < -0.3 is 4.74 Å². The molecule has 2 atom stereocenters. The van der Waals surface area contributed by atoms with E-state index in [4.69, 9.17) is 11.2 Å². The van der Waals surface area contributed by atoms with Crippen molar-refractivity contribution in [2.24, 2.45) is 0 Å². The zero-order valence-corrected chi connectivity index (χ0v) is 12.7. The van der Waals surface area contributed by atoms with Crippen LogP contribution in [0.15, 0.2) is 24.3 Å². The van der Waals surface area contributed by atoms with Crippen LogP contribution in [0.4, 0.5) is 0 Å². The molecule has 0 aromatic heterocycles. The molecule has 4 bridgehead atoms. The SMILES string of the molecule is C#CCNC12CC3CC(CC)(CC(C1)c1ccccc13)O2. The van der Waals surface area contributed by atoms with E-state index in [0.717, 1.165) is 32.1 Å². The number of benzene rings is 1. The molecule has 2 aliphatic carbocycles. The molecule has 0 radical (unpaired) electrons. The summed E-state index contributed by atoms with van der Waals surface area (Å²) in [4.78, 5) is 0. The summed E-state index contributed by atoms with van der Waals surface area (Å²) in [5.41, 5.74) is 2.94. The topological polar surface area (TPSA) is 21.3 Å². The minimum absolute atomic E-state index is 0.0342. The molecule has 1 aromatic carbocycles. The summed E-state index contributed by atoms with van der Waals surface area (Å²) in [7, 11) is 0. The third-order valence-electron chi connectivity index (χ3n) is 5.83. The molecule has 0 amide bonds. The number of rotatable bonds is 3. The van der Waals surface area contributed by atoms with Crippen molar-refractivity contribution in [2.45, 2.75) is 62.2 Å². The first-order chi connectivity index (χ1) is 10.2. The van der Waals surface area contributed by atoms with Crippen molar-refractivity contribution in [3.05, 3.63) is 35.4 Å². The van der Waals surface area contributed by atoms with Crippen LogP contribution >= 0.6 is 0 Å². The number of terminal acetylenes is 1. The molecule has 2 aliphatic heterocycles. The molecule has 2 saturated heterocycles. The molecule has 110 valence electrons. The van der Waals surface area contributed by atoms with E-state index in [1.54, 1.807) is 11.1 Å². The van der Waals surface area contributed by atoms with E-state index in [2.05, 4.69) is 42.4 Å². The van der Waals surface area contributed by atoms with Crippen LogP contribution in [-0.2, 0) is 4.74 Å². The molecule has 0 saturated carbocycles. The Labute approximate surface area is 127 Å². The lowest BCUT2D eigenvalue weighted by Crippen LogP contribution is -2.61. The molecule has 2 fully saturated rings. The summed E-state index contributed by atoms with van der Waals surface area (Å²) in [5, 5.41) is 3.55. The first kappa shape index (κ1) is 13.4. The maximum atomic E-state index is 6.65. The van der Waals surface area contributed by atoms with Crippen molar-refractivity contribution >= 4 is 0 Å². The second-order valence-corrected chi connectivity index (χ2v) is 7.03. The van der Waals surface area contributed by atoms with Gasteiger partial charge in [0, 0.05) is 0 Å². The van der Waals surface area contributed by atoms with Crippen molar-refractivity contribution in [3.8, 4) is 12.3 Å². The van der Waals surface area contributed by atoms with Gasteiger partial charge in [-0.25, -0.2) is 0 Å². The Kier molecular flexibility index (Phi) is 2.93. The third-order valence-corrected chi connectivity index (χ3v) is 5.83. The van der Waals surface area contributed by atoms with Crippen LogP contribution in [0.3, 0.4) is 0 Å². The second kappa shape index (κ2) is 4.60. The lowest BCUT2D eigenvalue weighted by Gasteiger charge is -2.55. The molecule has 5 rings (SSSR count). The number of hydrogen-bond acceptors (Lipinski definition) is 2. The molecule has 21 heavy (non-hydrogen) atoms. The van der Waals surface area contributed by atoms with Gasteiger partial charge in [0.15, 0.2) is 0 Å². The van der Waals surface area contributed by atoms with Gasteiger partial charge in [-0.1, -0.05) is 37.1 Å². The van der Waals surface area contributed by atoms with Crippen LogP contribution in [0.5, 0.6) is 0 Å². The van der Waals surface area contributed by atoms with Gasteiger partial charge in [-0.05, 0) is 55.1 Å². The zero-order valence-electron chi connectivity index (χ0n) is 12.7. The van der Waals surface area contributed by atoms with Gasteiger partial charge in [0.05, 0.1) is 12.1 Å². The average Bonchev–Trinajstić information content (AvgIpc) is 2.66. The highest BCUT2D eigenvalue weighted by molar-refractivity contribution is 5.39. The van der Waals surface area contributed by atoms with E-state index in [9.17, 15) is 0 Å². The van der Waals surface area contributed by atoms with Gasteiger partial charge in [-0.3, -0.25) is 5.32 Å². The van der Waals surface area contributed by atoms with Crippen molar-refractivity contribution in [2.75, 3.05) is 6.54 Å². The summed E-state index contributed by atoms with van der Waals surface area (Å²) in [5.74, 6) is 3.93. The Hall–Kier alpha value is -1.30. The molecular formula is C19H23NO. The number of hydrogen-bond donors (Lipinski definition) is 1. The fourth-order valence-electron chi connectivity index (χ4n) is 5.03. The fourth-order valence-corrected chi connectivity index (χ4v) is 5.03. The van der Waals surface area contributed by atoms with Gasteiger partial charge >= 0.3 is 0 Å². The summed E-state index contributed by atoms with van der Waals surface area (Å²) >= 11 is 0. The Morgan fingerprint density at radius 3 is 2.33 bits per heavy atom. The van der Waals surface area contributed by atoms with Gasteiger partial charge in [0.25, 0.3) is 0 Å². The van der Waals surface area contributed by atoms with E-state index in [0.29, 0.717) is 18.4 Å². The van der Waals surface area contributed by atoms with E-state index in [1.807, 2.05) is 0 Å². The molecule has 1 aromatic rings. The normalized spacial score (nSPS) is 39.6. The Bertz CT molecular complexity index is 565. The third kappa shape index (κ3) is 1.95. The highest BCUT2D eigenvalue weighted by atomic mass is 16.5. The van der Waals surface area contributed by atoms with Crippen molar-refractivity contribution in [1.82, 2.24) is 5.32 Å². The molecule has 4 aliphatic rings. The molecule has 2 unspecified atom stereocenters. The largest absolute Gasteiger partial charge is 0.354 e. The van der Waals surface area contributed by atoms with Crippen molar-refractivity contribution < 1.29 is 4.74 Å². The molecule has 2 heteroatoms. The standard InChI is InChI=1S/C19H23NO/c1-3-9-20-19-12-14-10-18(4-2,21-19)11-15(13-19)17-8-6-5-7-16(14)17/h1,5-8,14-15,20H,4,9-13H2,2H3. The minimum atomic E-state index is -0.215. The first-order valence-electron chi connectivity index (χ1n) is 8.17. The monoisotopic (exact) mass is 281 g/mol. The number of ether oxygens (including phenoxy) is 1. The van der Waals surface area contributed by atoms with E-state index >= 15 is 0 Å². The fraction of sp³-hybridized carbons (Fsp3) is 0.579. The molecule has 2 heterocycles. The predicted molar refractivity (Wildman–Crippen MR) is 84.1 cm³/mol. The Balaban J connectivity index is 1.81. The van der Waals surface area contributed by atoms with Crippen LogP contribution in [0.2, 0.25) is 0 Å². The first-order valence-corrected chi connectivity index (χ1v) is 8.17. The molecule has 1 N–H and O–H groups in total. The predicted octanol–water partition coefficient (Wildman–Crippen LogP) is 3.54. The van der Waals surface area contributed by atoms with E-state index in [1.165, 1.54) is 0 Å². The van der Waals surface area contributed by atoms with Gasteiger partial charge in [0.2, 0.25) is 0 Å². The second-order valence-electron chi connectivity index (χ2n) is 7.03. The summed E-state index contributed by atoms with van der Waals surface area (Å²) in [6.07, 6.45) is 11.0. The minimum Gasteiger partial charge on any atom is -0.354 e. The highest BCUT2D eigenvalue weighted by Crippen LogP contribution is 2.59. The van der Waals surface area contributed by atoms with Crippen LogP contribution in [0, 0.1) is 12.3 Å². The highest BCUT2D eigenvalue weighted by Gasteiger charge is 2.56. The Morgan fingerprint density at radius 1 is 1.19 bits per heavy atom. The van der Waals surface area contributed by atoms with E-state index < -0.39 is 0 Å². The quantitative estimate of drug-likeness (QED) is 0.856. The van der Waals surface area contributed by atoms with Gasteiger partial charge in [-0.15, -0.1) is 6.42 Å². The van der Waals surface area contributed by atoms with Crippen molar-refractivity contribution in [3.63, 3.8) is 0 Å². The molecule has 0 spiro atoms. The van der Waals surface area contributed by atoms with Crippen molar-refractivity contribution in [1.29, 1.82) is 0 Å².